The molecule has 12 heavy (non-hydrogen) atoms. The number of allylic oxidation sites excluding steroid dienone is 1. The summed E-state index contributed by atoms with van der Waals surface area (Å²) in [5, 5.41) is 3.22. The van der Waals surface area contributed by atoms with E-state index in [4.69, 9.17) is 0 Å². The van der Waals surface area contributed by atoms with Crippen LogP contribution in [0.1, 0.15) is 17.5 Å². The zero-order valence-electron chi connectivity index (χ0n) is 7.30. The molecule has 0 heterocycles. The van der Waals surface area contributed by atoms with Crippen molar-refractivity contribution < 1.29 is 0 Å². The Morgan fingerprint density at radius 3 is 3.08 bits per heavy atom. The molecule has 1 N–H and O–H groups in total. The summed E-state index contributed by atoms with van der Waals surface area (Å²) in [6, 6.07) is 6.41. The molecule has 1 aromatic rings. The van der Waals surface area contributed by atoms with Crippen molar-refractivity contribution in [2.45, 2.75) is 12.8 Å². The second kappa shape index (κ2) is 3.02. The first-order valence-corrected chi connectivity index (χ1v) is 4.38. The molecule has 0 aromatic heterocycles. The van der Waals surface area contributed by atoms with E-state index in [0.29, 0.717) is 0 Å². The van der Waals surface area contributed by atoms with Gasteiger partial charge in [0.05, 0.1) is 0 Å². The van der Waals surface area contributed by atoms with Crippen molar-refractivity contribution in [3.05, 3.63) is 35.4 Å². The van der Waals surface area contributed by atoms with Gasteiger partial charge in [-0.2, -0.15) is 0 Å². The molecule has 0 radical (unpaired) electrons. The zero-order valence-corrected chi connectivity index (χ0v) is 7.30. The second-order valence-electron chi connectivity index (χ2n) is 3.06. The van der Waals surface area contributed by atoms with Gasteiger partial charge in [0, 0.05) is 12.7 Å². The van der Waals surface area contributed by atoms with Gasteiger partial charge in [-0.25, -0.2) is 0 Å². The smallest absolute Gasteiger partial charge is 0.0376 e. The summed E-state index contributed by atoms with van der Waals surface area (Å²) in [6.45, 7) is 0. The van der Waals surface area contributed by atoms with E-state index >= 15 is 0 Å². The lowest BCUT2D eigenvalue weighted by atomic mass is 9.96. The Bertz CT molecular complexity index is 313. The monoisotopic (exact) mass is 159 g/mol. The second-order valence-corrected chi connectivity index (χ2v) is 3.06. The number of rotatable bonds is 1. The van der Waals surface area contributed by atoms with Gasteiger partial charge < -0.3 is 5.32 Å². The van der Waals surface area contributed by atoms with Crippen molar-refractivity contribution in [1.29, 1.82) is 0 Å². The summed E-state index contributed by atoms with van der Waals surface area (Å²) in [7, 11) is 1.98. The third-order valence-corrected chi connectivity index (χ3v) is 2.34. The van der Waals surface area contributed by atoms with Crippen LogP contribution in [0.15, 0.2) is 24.3 Å². The number of anilines is 1. The normalized spacial score (nSPS) is 14.1. The molecule has 0 fully saturated rings. The Morgan fingerprint density at radius 1 is 1.33 bits per heavy atom. The molecule has 1 aromatic carbocycles. The van der Waals surface area contributed by atoms with E-state index in [0.717, 1.165) is 0 Å². The van der Waals surface area contributed by atoms with E-state index in [2.05, 4.69) is 35.7 Å². The fourth-order valence-electron chi connectivity index (χ4n) is 1.71. The lowest BCUT2D eigenvalue weighted by Crippen LogP contribution is -2.00. The first kappa shape index (κ1) is 7.41. The van der Waals surface area contributed by atoms with E-state index in [1.165, 1.54) is 29.7 Å². The van der Waals surface area contributed by atoms with Crippen molar-refractivity contribution in [2.24, 2.45) is 0 Å². The molecule has 0 unspecified atom stereocenters. The molecule has 1 nitrogen and oxygen atoms in total. The number of benzene rings is 1. The highest BCUT2D eigenvalue weighted by molar-refractivity contribution is 5.66. The standard InChI is InChI=1S/C11H13N/c1-12-11-8-4-6-9-5-2-3-7-10(9)11/h2,4-6,8,12H,3,7H2,1H3. The Morgan fingerprint density at radius 2 is 2.25 bits per heavy atom. The Hall–Kier alpha value is -1.24. The minimum atomic E-state index is 1.17. The molecule has 2 rings (SSSR count). The van der Waals surface area contributed by atoms with E-state index < -0.39 is 0 Å². The van der Waals surface area contributed by atoms with Crippen LogP contribution in [-0.2, 0) is 6.42 Å². The number of hydrogen-bond donors (Lipinski definition) is 1. The van der Waals surface area contributed by atoms with Gasteiger partial charge in [-0.05, 0) is 30.0 Å². The van der Waals surface area contributed by atoms with Gasteiger partial charge in [-0.15, -0.1) is 0 Å². The molecule has 0 aliphatic heterocycles. The fourth-order valence-corrected chi connectivity index (χ4v) is 1.71. The molecular formula is C11H13N. The molecule has 62 valence electrons. The molecule has 0 saturated heterocycles. The van der Waals surface area contributed by atoms with Crippen molar-refractivity contribution in [2.75, 3.05) is 12.4 Å². The highest BCUT2D eigenvalue weighted by Gasteiger charge is 2.06. The van der Waals surface area contributed by atoms with Crippen LogP contribution in [-0.4, -0.2) is 7.05 Å². The van der Waals surface area contributed by atoms with Gasteiger partial charge in [0.2, 0.25) is 0 Å². The highest BCUT2D eigenvalue weighted by atomic mass is 14.8. The van der Waals surface area contributed by atoms with Crippen LogP contribution >= 0.6 is 0 Å². The van der Waals surface area contributed by atoms with Crippen LogP contribution < -0.4 is 5.32 Å². The van der Waals surface area contributed by atoms with Crippen molar-refractivity contribution in [3.63, 3.8) is 0 Å². The molecular weight excluding hydrogens is 146 g/mol. The molecule has 0 amide bonds. The molecule has 0 spiro atoms. The Kier molecular flexibility index (Phi) is 1.86. The van der Waals surface area contributed by atoms with E-state index in [-0.39, 0.29) is 0 Å². The average Bonchev–Trinajstić information content (AvgIpc) is 2.17. The Balaban J connectivity index is 2.53. The molecule has 1 aliphatic carbocycles. The minimum Gasteiger partial charge on any atom is -0.388 e. The molecule has 0 bridgehead atoms. The van der Waals surface area contributed by atoms with Crippen molar-refractivity contribution in [1.82, 2.24) is 0 Å². The van der Waals surface area contributed by atoms with Gasteiger partial charge in [0.25, 0.3) is 0 Å². The van der Waals surface area contributed by atoms with Crippen molar-refractivity contribution >= 4 is 11.8 Å². The molecule has 1 heteroatoms. The average molecular weight is 159 g/mol. The third-order valence-electron chi connectivity index (χ3n) is 2.34. The summed E-state index contributed by atoms with van der Waals surface area (Å²) in [5.41, 5.74) is 4.10. The van der Waals surface area contributed by atoms with Gasteiger partial charge in [-0.1, -0.05) is 24.3 Å². The SMILES string of the molecule is CNc1cccc2c1CCC=C2. The van der Waals surface area contributed by atoms with Crippen LogP contribution in [0.4, 0.5) is 5.69 Å². The predicted molar refractivity (Wildman–Crippen MR) is 53.3 cm³/mol. The summed E-state index contributed by atoms with van der Waals surface area (Å²) < 4.78 is 0. The summed E-state index contributed by atoms with van der Waals surface area (Å²) in [4.78, 5) is 0. The lowest BCUT2D eigenvalue weighted by molar-refractivity contribution is 0.986. The van der Waals surface area contributed by atoms with Gasteiger partial charge >= 0.3 is 0 Å². The largest absolute Gasteiger partial charge is 0.388 e. The van der Waals surface area contributed by atoms with Crippen molar-refractivity contribution in [3.8, 4) is 0 Å². The third kappa shape index (κ3) is 1.11. The maximum absolute atomic E-state index is 3.22. The summed E-state index contributed by atoms with van der Waals surface area (Å²) in [6.07, 6.45) is 6.79. The highest BCUT2D eigenvalue weighted by Crippen LogP contribution is 2.25. The first-order chi connectivity index (χ1) is 5.92. The van der Waals surface area contributed by atoms with Crippen LogP contribution in [0.5, 0.6) is 0 Å². The van der Waals surface area contributed by atoms with Crippen LogP contribution in [0.3, 0.4) is 0 Å². The molecule has 0 saturated carbocycles. The van der Waals surface area contributed by atoms with Gasteiger partial charge in [0.15, 0.2) is 0 Å². The quantitative estimate of drug-likeness (QED) is 0.664. The fraction of sp³-hybridized carbons (Fsp3) is 0.273. The molecule has 0 atom stereocenters. The van der Waals surface area contributed by atoms with E-state index in [9.17, 15) is 0 Å². The maximum Gasteiger partial charge on any atom is 0.0376 e. The summed E-state index contributed by atoms with van der Waals surface area (Å²) >= 11 is 0. The van der Waals surface area contributed by atoms with Gasteiger partial charge in [0.1, 0.15) is 0 Å². The lowest BCUT2D eigenvalue weighted by Gasteiger charge is -2.14. The number of hydrogen-bond acceptors (Lipinski definition) is 1. The Labute approximate surface area is 73.1 Å². The minimum absolute atomic E-state index is 1.17. The molecule has 1 aliphatic rings. The van der Waals surface area contributed by atoms with E-state index in [1.54, 1.807) is 0 Å². The predicted octanol–water partition coefficient (Wildman–Crippen LogP) is 2.69. The number of nitrogens with one attached hydrogen (secondary N) is 1. The topological polar surface area (TPSA) is 12.0 Å². The first-order valence-electron chi connectivity index (χ1n) is 4.38. The van der Waals surface area contributed by atoms with Gasteiger partial charge in [-0.3, -0.25) is 0 Å². The van der Waals surface area contributed by atoms with E-state index in [1.807, 2.05) is 7.05 Å². The zero-order chi connectivity index (χ0) is 8.39. The maximum atomic E-state index is 3.22. The van der Waals surface area contributed by atoms with Crippen LogP contribution in [0.25, 0.3) is 6.08 Å². The van der Waals surface area contributed by atoms with Crippen LogP contribution in [0.2, 0.25) is 0 Å². The number of fused-ring (bicyclic) bond motifs is 1. The van der Waals surface area contributed by atoms with Crippen LogP contribution in [0, 0.1) is 0 Å². The summed E-state index contributed by atoms with van der Waals surface area (Å²) in [5.74, 6) is 0.